The van der Waals surface area contributed by atoms with Crippen molar-refractivity contribution in [1.82, 2.24) is 0 Å². The van der Waals surface area contributed by atoms with Gasteiger partial charge in [0, 0.05) is 6.08 Å². The van der Waals surface area contributed by atoms with Gasteiger partial charge in [-0.1, -0.05) is 19.6 Å². The van der Waals surface area contributed by atoms with E-state index in [1.165, 1.54) is 12.1 Å². The van der Waals surface area contributed by atoms with E-state index >= 15 is 0 Å². The quantitative estimate of drug-likeness (QED) is 0.430. The SMILES string of the molecule is C=CC(=O)OC(CC)CCCOc1cccc(C(=O)O)c1. The predicted molar refractivity (Wildman–Crippen MR) is 78.5 cm³/mol. The maximum Gasteiger partial charge on any atom is 0.335 e. The summed E-state index contributed by atoms with van der Waals surface area (Å²) in [5.74, 6) is -0.884. The lowest BCUT2D eigenvalue weighted by molar-refractivity contribution is -0.143. The van der Waals surface area contributed by atoms with Gasteiger partial charge in [-0.15, -0.1) is 0 Å². The summed E-state index contributed by atoms with van der Waals surface area (Å²) in [4.78, 5) is 21.9. The largest absolute Gasteiger partial charge is 0.494 e. The van der Waals surface area contributed by atoms with Gasteiger partial charge in [-0.2, -0.15) is 0 Å². The zero-order valence-electron chi connectivity index (χ0n) is 12.1. The summed E-state index contributed by atoms with van der Waals surface area (Å²) in [6.07, 6.45) is 3.13. The van der Waals surface area contributed by atoms with Crippen LogP contribution in [0.1, 0.15) is 36.5 Å². The first-order chi connectivity index (χ1) is 10.1. The van der Waals surface area contributed by atoms with Crippen molar-refractivity contribution >= 4 is 11.9 Å². The summed E-state index contributed by atoms with van der Waals surface area (Å²) < 4.78 is 10.7. The van der Waals surface area contributed by atoms with Gasteiger partial charge in [-0.05, 0) is 37.5 Å². The molecule has 0 aromatic heterocycles. The van der Waals surface area contributed by atoms with Crippen molar-refractivity contribution in [2.45, 2.75) is 32.3 Å². The number of rotatable bonds is 9. The predicted octanol–water partition coefficient (Wildman–Crippen LogP) is 3.05. The molecule has 0 aliphatic carbocycles. The number of aromatic carboxylic acids is 1. The number of ether oxygens (including phenoxy) is 2. The molecule has 0 heterocycles. The molecule has 1 rings (SSSR count). The Kier molecular flexibility index (Phi) is 7.01. The van der Waals surface area contributed by atoms with Crippen LogP contribution in [-0.4, -0.2) is 29.8 Å². The van der Waals surface area contributed by atoms with Gasteiger partial charge in [0.25, 0.3) is 0 Å². The van der Waals surface area contributed by atoms with Crippen LogP contribution in [0, 0.1) is 0 Å². The second-order valence-electron chi connectivity index (χ2n) is 4.49. The van der Waals surface area contributed by atoms with Gasteiger partial charge < -0.3 is 14.6 Å². The molecule has 1 N–H and O–H groups in total. The maximum atomic E-state index is 11.1. The number of carboxylic acid groups (broad SMARTS) is 1. The van der Waals surface area contributed by atoms with Crippen molar-refractivity contribution in [2.75, 3.05) is 6.61 Å². The molecule has 5 heteroatoms. The van der Waals surface area contributed by atoms with Crippen molar-refractivity contribution in [3.8, 4) is 5.75 Å². The first-order valence-electron chi connectivity index (χ1n) is 6.86. The van der Waals surface area contributed by atoms with Crippen molar-refractivity contribution in [2.24, 2.45) is 0 Å². The fourth-order valence-corrected chi connectivity index (χ4v) is 1.78. The molecule has 0 bridgehead atoms. The number of hydrogen-bond acceptors (Lipinski definition) is 4. The van der Waals surface area contributed by atoms with Crippen LogP contribution in [-0.2, 0) is 9.53 Å². The van der Waals surface area contributed by atoms with Gasteiger partial charge in [-0.25, -0.2) is 9.59 Å². The summed E-state index contributed by atoms with van der Waals surface area (Å²) in [7, 11) is 0. The highest BCUT2D eigenvalue weighted by molar-refractivity contribution is 5.88. The Bertz CT molecular complexity index is 495. The van der Waals surface area contributed by atoms with Crippen molar-refractivity contribution < 1.29 is 24.2 Å². The third kappa shape index (κ3) is 6.12. The maximum absolute atomic E-state index is 11.1. The number of carboxylic acids is 1. The minimum absolute atomic E-state index is 0.149. The number of carbonyl (C=O) groups excluding carboxylic acids is 1. The number of esters is 1. The second kappa shape index (κ2) is 8.79. The molecule has 5 nitrogen and oxygen atoms in total. The summed E-state index contributed by atoms with van der Waals surface area (Å²) in [6, 6.07) is 6.34. The number of hydrogen-bond donors (Lipinski definition) is 1. The van der Waals surface area contributed by atoms with Crippen LogP contribution in [0.2, 0.25) is 0 Å². The molecule has 114 valence electrons. The minimum atomic E-state index is -0.983. The van der Waals surface area contributed by atoms with Crippen LogP contribution in [0.25, 0.3) is 0 Å². The molecule has 0 amide bonds. The Morgan fingerprint density at radius 3 is 2.81 bits per heavy atom. The molecule has 0 fully saturated rings. The molecule has 0 aliphatic rings. The zero-order valence-corrected chi connectivity index (χ0v) is 12.1. The average Bonchev–Trinajstić information content (AvgIpc) is 2.50. The number of carbonyl (C=O) groups is 2. The molecular weight excluding hydrogens is 272 g/mol. The lowest BCUT2D eigenvalue weighted by Gasteiger charge is -2.15. The monoisotopic (exact) mass is 292 g/mol. The Hall–Kier alpha value is -2.30. The van der Waals surface area contributed by atoms with Gasteiger partial charge in [0.05, 0.1) is 12.2 Å². The summed E-state index contributed by atoms with van der Waals surface area (Å²) in [5.41, 5.74) is 0.193. The van der Waals surface area contributed by atoms with Gasteiger partial charge in [-0.3, -0.25) is 0 Å². The van der Waals surface area contributed by atoms with Crippen LogP contribution in [0.15, 0.2) is 36.9 Å². The Labute approximate surface area is 124 Å². The summed E-state index contributed by atoms with van der Waals surface area (Å²) >= 11 is 0. The van der Waals surface area contributed by atoms with E-state index in [0.717, 1.165) is 12.5 Å². The highest BCUT2D eigenvalue weighted by Gasteiger charge is 2.10. The van der Waals surface area contributed by atoms with E-state index in [4.69, 9.17) is 14.6 Å². The lowest BCUT2D eigenvalue weighted by Crippen LogP contribution is -2.16. The Morgan fingerprint density at radius 2 is 2.19 bits per heavy atom. The third-order valence-corrected chi connectivity index (χ3v) is 2.92. The zero-order chi connectivity index (χ0) is 15.7. The average molecular weight is 292 g/mol. The van der Waals surface area contributed by atoms with Crippen LogP contribution in [0.4, 0.5) is 0 Å². The first kappa shape index (κ1) is 16.8. The third-order valence-electron chi connectivity index (χ3n) is 2.92. The molecule has 0 spiro atoms. The molecular formula is C16H20O5. The minimum Gasteiger partial charge on any atom is -0.494 e. The smallest absolute Gasteiger partial charge is 0.335 e. The van der Waals surface area contributed by atoms with E-state index in [9.17, 15) is 9.59 Å². The van der Waals surface area contributed by atoms with Gasteiger partial charge in [0.2, 0.25) is 0 Å². The van der Waals surface area contributed by atoms with Crippen molar-refractivity contribution in [3.05, 3.63) is 42.5 Å². The van der Waals surface area contributed by atoms with Crippen molar-refractivity contribution in [1.29, 1.82) is 0 Å². The number of benzene rings is 1. The van der Waals surface area contributed by atoms with E-state index in [0.29, 0.717) is 25.2 Å². The molecule has 21 heavy (non-hydrogen) atoms. The standard InChI is InChI=1S/C16H20O5/c1-3-13(21-15(17)4-2)9-6-10-20-14-8-5-7-12(11-14)16(18)19/h4-5,7-8,11,13H,2-3,6,9-10H2,1H3,(H,18,19). The molecule has 1 aromatic carbocycles. The van der Waals surface area contributed by atoms with Crippen LogP contribution in [0.5, 0.6) is 5.75 Å². The fraction of sp³-hybridized carbons (Fsp3) is 0.375. The normalized spacial score (nSPS) is 11.5. The van der Waals surface area contributed by atoms with E-state index in [1.807, 2.05) is 6.92 Å². The van der Waals surface area contributed by atoms with Gasteiger partial charge in [0.1, 0.15) is 11.9 Å². The Morgan fingerprint density at radius 1 is 1.43 bits per heavy atom. The van der Waals surface area contributed by atoms with E-state index < -0.39 is 11.9 Å². The van der Waals surface area contributed by atoms with Crippen LogP contribution < -0.4 is 4.74 Å². The molecule has 0 saturated carbocycles. The van der Waals surface area contributed by atoms with Crippen LogP contribution in [0.3, 0.4) is 0 Å². The van der Waals surface area contributed by atoms with Crippen LogP contribution >= 0.6 is 0 Å². The molecule has 0 radical (unpaired) electrons. The molecule has 0 aliphatic heterocycles. The Balaban J connectivity index is 2.36. The summed E-state index contributed by atoms with van der Waals surface area (Å²) in [6.45, 7) is 5.74. The summed E-state index contributed by atoms with van der Waals surface area (Å²) in [5, 5.41) is 8.88. The van der Waals surface area contributed by atoms with E-state index in [2.05, 4.69) is 6.58 Å². The van der Waals surface area contributed by atoms with Gasteiger partial charge in [0.15, 0.2) is 0 Å². The molecule has 0 saturated heterocycles. The topological polar surface area (TPSA) is 72.8 Å². The first-order valence-corrected chi connectivity index (χ1v) is 6.86. The highest BCUT2D eigenvalue weighted by Crippen LogP contribution is 2.14. The fourth-order valence-electron chi connectivity index (χ4n) is 1.78. The molecule has 1 aromatic rings. The van der Waals surface area contributed by atoms with E-state index in [1.54, 1.807) is 12.1 Å². The molecule has 1 atom stereocenters. The van der Waals surface area contributed by atoms with Crippen molar-refractivity contribution in [3.63, 3.8) is 0 Å². The lowest BCUT2D eigenvalue weighted by atomic mass is 10.1. The molecule has 1 unspecified atom stereocenters. The van der Waals surface area contributed by atoms with Gasteiger partial charge >= 0.3 is 11.9 Å². The second-order valence-corrected chi connectivity index (χ2v) is 4.49. The van der Waals surface area contributed by atoms with E-state index in [-0.39, 0.29) is 11.7 Å². The highest BCUT2D eigenvalue weighted by atomic mass is 16.5.